The Labute approximate surface area is 504 Å². The van der Waals surface area contributed by atoms with Crippen molar-refractivity contribution in [1.29, 1.82) is 0 Å². The van der Waals surface area contributed by atoms with Crippen molar-refractivity contribution in [2.75, 3.05) is 20.0 Å². The molecule has 2 saturated carbocycles. The first kappa shape index (κ1) is 61.4. The number of methoxy groups -OCH3 is 2. The number of hydrogen-bond donors (Lipinski definition) is 1. The Morgan fingerprint density at radius 1 is 0.420 bits per heavy atom. The molecule has 0 radical (unpaired) electrons. The average molecular weight is 1230 g/mol. The maximum absolute atomic E-state index is 6.09. The minimum absolute atomic E-state index is 0.182. The summed E-state index contributed by atoms with van der Waals surface area (Å²) in [5.74, 6) is 3.82. The van der Waals surface area contributed by atoms with Gasteiger partial charge in [-0.05, 0) is 141 Å². The van der Waals surface area contributed by atoms with Gasteiger partial charge in [-0.25, -0.2) is 0 Å². The van der Waals surface area contributed by atoms with Crippen LogP contribution in [-0.2, 0) is 0 Å². The molecule has 0 amide bonds. The Bertz CT molecular complexity index is 3270. The lowest BCUT2D eigenvalue weighted by molar-refractivity contribution is 0.397. The lowest BCUT2D eigenvalue weighted by Crippen LogP contribution is -2.27. The quantitative estimate of drug-likeness (QED) is 0.0980. The summed E-state index contributed by atoms with van der Waals surface area (Å²) in [6.07, 6.45) is 14.2. The zero-order valence-electron chi connectivity index (χ0n) is 49.8. The van der Waals surface area contributed by atoms with Crippen LogP contribution >= 0.6 is 39.8 Å². The van der Waals surface area contributed by atoms with E-state index >= 15 is 0 Å². The van der Waals surface area contributed by atoms with E-state index in [0.717, 1.165) is 43.0 Å². The lowest BCUT2D eigenvalue weighted by Gasteiger charge is -2.39. The predicted molar refractivity (Wildman–Crippen MR) is 361 cm³/mol. The Kier molecular flexibility index (Phi) is 22.4. The first-order valence-electron chi connectivity index (χ1n) is 29.8. The van der Waals surface area contributed by atoms with E-state index in [1.807, 2.05) is 30.3 Å². The molecular weight excluding hydrogens is 1140 g/mol. The summed E-state index contributed by atoms with van der Waals surface area (Å²) in [5.41, 5.74) is 23.0. The largest absolute Gasteiger partial charge is 0.496 e. The van der Waals surface area contributed by atoms with Crippen molar-refractivity contribution < 1.29 is 9.47 Å². The molecule has 0 atom stereocenters. The first-order chi connectivity index (χ1) is 39.2. The maximum atomic E-state index is 6.09. The maximum Gasteiger partial charge on any atom is 0.130 e. The van der Waals surface area contributed by atoms with Crippen LogP contribution in [0.1, 0.15) is 166 Å². The van der Waals surface area contributed by atoms with Gasteiger partial charge in [0.25, 0.3) is 0 Å². The van der Waals surface area contributed by atoms with Crippen LogP contribution in [-0.4, -0.2) is 30.1 Å². The molecule has 7 heteroatoms. The summed E-state index contributed by atoms with van der Waals surface area (Å²) in [6, 6.07) is 62.4. The zero-order chi connectivity index (χ0) is 57.6. The van der Waals surface area contributed by atoms with Crippen LogP contribution in [0.25, 0.3) is 49.7 Å². The summed E-state index contributed by atoms with van der Waals surface area (Å²) >= 11 is 7.09. The standard InChI is InChI=1S/C26H35O2P.C24H25N.C12H8Br2.C12H19N/c1-27-23-17-11-18-24(28-2)26(23)22-16-9-10-19-25(22)29(20-12-5-3-6-13-20)21-14-7-4-8-15-21;1-16(2)18-12-9-13-19(17(3)4)24(18)25-22-14-7-5-10-20(22)21-11-6-8-15-23(21)25;13-11-7-3-1-5-9(11)10-6-2-4-8-12(10)14;1-8(2)10-6-5-7-11(9(3)4)12(10)13/h9-11,16-21H,3-8,12-15H2,1-2H3;5-17H,1-4H3;1-8H;5-9H,13H2,1-4H3. The van der Waals surface area contributed by atoms with Gasteiger partial charge in [0.15, 0.2) is 0 Å². The van der Waals surface area contributed by atoms with Gasteiger partial charge in [-0.1, -0.05) is 273 Å². The molecule has 2 aliphatic rings. The third-order valence-corrected chi connectivity index (χ3v) is 21.4. The molecule has 0 saturated heterocycles. The molecule has 0 aliphatic heterocycles. The number of halogens is 2. The number of aromatic nitrogens is 1. The number of fused-ring (bicyclic) bond motifs is 3. The number of nitrogens with two attached hydrogens (primary N) is 1. The molecule has 0 unspecified atom stereocenters. The number of nitrogen functional groups attached to an aromatic ring is 1. The third-order valence-electron chi connectivity index (χ3n) is 16.4. The van der Waals surface area contributed by atoms with E-state index in [4.69, 9.17) is 15.2 Å². The fraction of sp³-hybridized carbons (Fsp3) is 0.351. The number of para-hydroxylation sites is 4. The molecule has 1 aromatic heterocycles. The fourth-order valence-electron chi connectivity index (χ4n) is 12.3. The van der Waals surface area contributed by atoms with Gasteiger partial charge in [-0.3, -0.25) is 0 Å². The normalized spacial score (nSPS) is 13.9. The van der Waals surface area contributed by atoms with E-state index in [-0.39, 0.29) is 7.92 Å². The molecule has 424 valence electrons. The van der Waals surface area contributed by atoms with Crippen LogP contribution < -0.4 is 20.5 Å². The van der Waals surface area contributed by atoms with E-state index in [1.54, 1.807) is 19.5 Å². The summed E-state index contributed by atoms with van der Waals surface area (Å²) < 4.78 is 16.3. The van der Waals surface area contributed by atoms with Crippen molar-refractivity contribution >= 4 is 72.6 Å². The Balaban J connectivity index is 0.000000150. The molecule has 2 fully saturated rings. The van der Waals surface area contributed by atoms with Crippen molar-refractivity contribution in [3.8, 4) is 39.4 Å². The van der Waals surface area contributed by atoms with E-state index in [1.165, 1.54) is 131 Å². The second kappa shape index (κ2) is 29.5. The molecule has 2 aliphatic carbocycles. The highest BCUT2D eigenvalue weighted by atomic mass is 79.9. The zero-order valence-corrected chi connectivity index (χ0v) is 53.9. The molecule has 2 N–H and O–H groups in total. The molecule has 81 heavy (non-hydrogen) atoms. The number of hydrogen-bond acceptors (Lipinski definition) is 3. The Morgan fingerprint density at radius 3 is 1.19 bits per heavy atom. The van der Waals surface area contributed by atoms with E-state index in [0.29, 0.717) is 23.7 Å². The molecule has 4 nitrogen and oxygen atoms in total. The SMILES string of the molecule is Brc1ccccc1-c1ccccc1Br.CC(C)c1cccc(C(C)C)c1-n1c2ccccc2c2ccccc21.CC(C)c1cccc(C(C)C)c1N.COc1cccc(OC)c1-c1ccccc1P(C1CCCCC1)C1CCCCC1. The smallest absolute Gasteiger partial charge is 0.130 e. The van der Waals surface area contributed by atoms with E-state index in [9.17, 15) is 0 Å². The van der Waals surface area contributed by atoms with Gasteiger partial charge in [-0.15, -0.1) is 0 Å². The number of anilines is 1. The van der Waals surface area contributed by atoms with Crippen LogP contribution in [0.5, 0.6) is 11.5 Å². The van der Waals surface area contributed by atoms with Crippen LogP contribution in [0.2, 0.25) is 0 Å². The predicted octanol–water partition coefficient (Wildman–Crippen LogP) is 22.6. The van der Waals surface area contributed by atoms with Crippen LogP contribution in [0, 0.1) is 0 Å². The van der Waals surface area contributed by atoms with Crippen molar-refractivity contribution in [2.24, 2.45) is 0 Å². The Hall–Kier alpha value is -5.65. The van der Waals surface area contributed by atoms with E-state index < -0.39 is 0 Å². The van der Waals surface area contributed by atoms with Crippen LogP contribution in [0.15, 0.2) is 185 Å². The fourth-order valence-corrected chi connectivity index (χ4v) is 17.3. The monoisotopic (exact) mass is 1220 g/mol. The van der Waals surface area contributed by atoms with Crippen molar-refractivity contribution in [3.63, 3.8) is 0 Å². The lowest BCUT2D eigenvalue weighted by atomic mass is 9.92. The summed E-state index contributed by atoms with van der Waals surface area (Å²) in [7, 11) is 3.36. The van der Waals surface area contributed by atoms with Gasteiger partial charge >= 0.3 is 0 Å². The van der Waals surface area contributed by atoms with Gasteiger partial charge in [0.1, 0.15) is 11.5 Å². The second-order valence-corrected chi connectivity index (χ2v) is 27.6. The number of nitrogens with zero attached hydrogens (tertiary/aromatic N) is 1. The van der Waals surface area contributed by atoms with Gasteiger partial charge in [0, 0.05) is 25.4 Å². The summed E-state index contributed by atoms with van der Waals surface area (Å²) in [5, 5.41) is 4.24. The molecular formula is C74H87Br2N2O2P. The van der Waals surface area contributed by atoms with Crippen molar-refractivity contribution in [3.05, 3.63) is 207 Å². The molecule has 11 rings (SSSR count). The molecule has 1 heterocycles. The van der Waals surface area contributed by atoms with Gasteiger partial charge in [-0.2, -0.15) is 0 Å². The highest BCUT2D eigenvalue weighted by Gasteiger charge is 2.34. The van der Waals surface area contributed by atoms with Gasteiger partial charge in [0.05, 0.1) is 36.5 Å². The Morgan fingerprint density at radius 2 is 0.778 bits per heavy atom. The van der Waals surface area contributed by atoms with Gasteiger partial charge in [0.2, 0.25) is 0 Å². The van der Waals surface area contributed by atoms with E-state index in [2.05, 4.69) is 237 Å². The topological polar surface area (TPSA) is 49.4 Å². The number of ether oxygens (including phenoxy) is 2. The van der Waals surface area contributed by atoms with Crippen LogP contribution in [0.3, 0.4) is 0 Å². The molecule has 0 bridgehead atoms. The minimum atomic E-state index is -0.182. The molecule has 0 spiro atoms. The second-order valence-electron chi connectivity index (χ2n) is 23.1. The highest BCUT2D eigenvalue weighted by Crippen LogP contribution is 2.57. The molecule has 8 aromatic carbocycles. The van der Waals surface area contributed by atoms with Crippen molar-refractivity contribution in [1.82, 2.24) is 4.57 Å². The summed E-state index contributed by atoms with van der Waals surface area (Å²) in [4.78, 5) is 0. The molecule has 9 aromatic rings. The van der Waals surface area contributed by atoms with Crippen LogP contribution in [0.4, 0.5) is 5.69 Å². The number of benzene rings is 8. The minimum Gasteiger partial charge on any atom is -0.496 e. The van der Waals surface area contributed by atoms with Gasteiger partial charge < -0.3 is 19.8 Å². The third kappa shape index (κ3) is 14.6. The number of rotatable bonds is 12. The first-order valence-corrected chi connectivity index (χ1v) is 32.9. The van der Waals surface area contributed by atoms with Crippen molar-refractivity contribution in [2.45, 2.75) is 155 Å². The average Bonchev–Trinajstić information content (AvgIpc) is 3.97. The summed E-state index contributed by atoms with van der Waals surface area (Å²) in [6.45, 7) is 17.9. The highest BCUT2D eigenvalue weighted by molar-refractivity contribution is 9.11.